The molecule has 2 rings (SSSR count). The van der Waals surface area contributed by atoms with Crippen LogP contribution in [0.1, 0.15) is 29.7 Å². The molecule has 0 amide bonds. The summed E-state index contributed by atoms with van der Waals surface area (Å²) in [6.07, 6.45) is 4.52. The molecule has 1 unspecified atom stereocenters. The molecule has 106 valence electrons. The van der Waals surface area contributed by atoms with E-state index in [9.17, 15) is 0 Å². The van der Waals surface area contributed by atoms with Crippen LogP contribution in [0.5, 0.6) is 0 Å². The van der Waals surface area contributed by atoms with E-state index in [-0.39, 0.29) is 0 Å². The molecule has 2 N–H and O–H groups in total. The summed E-state index contributed by atoms with van der Waals surface area (Å²) in [5.41, 5.74) is 0. The highest BCUT2D eigenvalue weighted by Crippen LogP contribution is 2.12. The molecule has 5 nitrogen and oxygen atoms in total. The summed E-state index contributed by atoms with van der Waals surface area (Å²) in [6, 6.07) is 0. The number of ether oxygens (including phenoxy) is 1. The van der Waals surface area contributed by atoms with Crippen molar-refractivity contribution in [2.45, 2.75) is 39.3 Å². The summed E-state index contributed by atoms with van der Waals surface area (Å²) in [6.45, 7) is 7.32. The van der Waals surface area contributed by atoms with Gasteiger partial charge in [0.2, 0.25) is 0 Å². The summed E-state index contributed by atoms with van der Waals surface area (Å²) < 4.78 is 5.59. The maximum atomic E-state index is 5.59. The van der Waals surface area contributed by atoms with E-state index >= 15 is 0 Å². The van der Waals surface area contributed by atoms with Crippen LogP contribution in [0.3, 0.4) is 0 Å². The molecular formula is C13H22N4OS. The number of nitrogens with zero attached hydrogens (tertiary/aromatic N) is 2. The van der Waals surface area contributed by atoms with E-state index in [4.69, 9.17) is 4.74 Å². The molecule has 0 radical (unpaired) electrons. The van der Waals surface area contributed by atoms with Crippen molar-refractivity contribution in [3.63, 3.8) is 0 Å². The summed E-state index contributed by atoms with van der Waals surface area (Å²) >= 11 is 1.69. The molecule has 1 atom stereocenters. The average Bonchev–Trinajstić information content (AvgIpc) is 3.04. The van der Waals surface area contributed by atoms with E-state index in [2.05, 4.69) is 34.5 Å². The lowest BCUT2D eigenvalue weighted by Crippen LogP contribution is -2.41. The van der Waals surface area contributed by atoms with Crippen molar-refractivity contribution in [2.24, 2.45) is 4.99 Å². The highest BCUT2D eigenvalue weighted by Gasteiger charge is 2.15. The fourth-order valence-electron chi connectivity index (χ4n) is 1.98. The molecule has 6 heteroatoms. The van der Waals surface area contributed by atoms with Gasteiger partial charge in [-0.2, -0.15) is 0 Å². The van der Waals surface area contributed by atoms with Crippen LogP contribution < -0.4 is 10.6 Å². The normalized spacial score (nSPS) is 19.7. The molecule has 0 aromatic carbocycles. The highest BCUT2D eigenvalue weighted by atomic mass is 32.1. The van der Waals surface area contributed by atoms with E-state index < -0.39 is 0 Å². The number of nitrogens with one attached hydrogen (secondary N) is 2. The minimum Gasteiger partial charge on any atom is -0.376 e. The van der Waals surface area contributed by atoms with Crippen molar-refractivity contribution in [3.8, 4) is 0 Å². The average molecular weight is 282 g/mol. The van der Waals surface area contributed by atoms with Gasteiger partial charge in [-0.3, -0.25) is 0 Å². The quantitative estimate of drug-likeness (QED) is 0.637. The van der Waals surface area contributed by atoms with Gasteiger partial charge in [-0.05, 0) is 26.7 Å². The first kappa shape index (κ1) is 14.3. The zero-order valence-corrected chi connectivity index (χ0v) is 12.4. The van der Waals surface area contributed by atoms with Gasteiger partial charge in [0, 0.05) is 30.8 Å². The minimum absolute atomic E-state index is 0.325. The molecule has 19 heavy (non-hydrogen) atoms. The van der Waals surface area contributed by atoms with Gasteiger partial charge in [0.25, 0.3) is 0 Å². The van der Waals surface area contributed by atoms with Crippen molar-refractivity contribution in [1.82, 2.24) is 15.6 Å². The molecule has 1 fully saturated rings. The van der Waals surface area contributed by atoms with Gasteiger partial charge in [-0.15, -0.1) is 11.3 Å². The second-order valence-corrected chi connectivity index (χ2v) is 5.90. The van der Waals surface area contributed by atoms with Crippen molar-refractivity contribution in [2.75, 3.05) is 19.7 Å². The van der Waals surface area contributed by atoms with Crippen LogP contribution >= 0.6 is 11.3 Å². The van der Waals surface area contributed by atoms with Gasteiger partial charge in [0.15, 0.2) is 5.96 Å². The Labute approximate surface area is 118 Å². The summed E-state index contributed by atoms with van der Waals surface area (Å²) in [7, 11) is 0. The minimum atomic E-state index is 0.325. The van der Waals surface area contributed by atoms with Gasteiger partial charge in [0.1, 0.15) is 5.01 Å². The SMILES string of the molecule is CCNC(=NCc1ncc(C)s1)NCC1CCCO1. The van der Waals surface area contributed by atoms with Crippen LogP contribution in [0.15, 0.2) is 11.2 Å². The van der Waals surface area contributed by atoms with Crippen molar-refractivity contribution >= 4 is 17.3 Å². The Bertz CT molecular complexity index is 413. The largest absolute Gasteiger partial charge is 0.376 e. The molecule has 0 spiro atoms. The zero-order valence-electron chi connectivity index (χ0n) is 11.6. The van der Waals surface area contributed by atoms with Crippen LogP contribution in [0.4, 0.5) is 0 Å². The Morgan fingerprint density at radius 1 is 1.58 bits per heavy atom. The molecule has 1 aliphatic rings. The standard InChI is InChI=1S/C13H22N4OS/c1-3-14-13(16-8-11-5-4-6-18-11)17-9-12-15-7-10(2)19-12/h7,11H,3-6,8-9H2,1-2H3,(H2,14,16,17). The molecular weight excluding hydrogens is 260 g/mol. The molecule has 0 bridgehead atoms. The summed E-state index contributed by atoms with van der Waals surface area (Å²) in [4.78, 5) is 10.1. The lowest BCUT2D eigenvalue weighted by Gasteiger charge is -2.14. The van der Waals surface area contributed by atoms with Crippen LogP contribution in [0, 0.1) is 6.92 Å². The molecule has 1 aromatic heterocycles. The maximum absolute atomic E-state index is 5.59. The molecule has 1 aliphatic heterocycles. The molecule has 1 saturated heterocycles. The lowest BCUT2D eigenvalue weighted by atomic mass is 10.2. The fraction of sp³-hybridized carbons (Fsp3) is 0.692. The maximum Gasteiger partial charge on any atom is 0.191 e. The van der Waals surface area contributed by atoms with Crippen LogP contribution in [-0.2, 0) is 11.3 Å². The first-order chi connectivity index (χ1) is 9.28. The third-order valence-electron chi connectivity index (χ3n) is 2.91. The monoisotopic (exact) mass is 282 g/mol. The van der Waals surface area contributed by atoms with Crippen molar-refractivity contribution < 1.29 is 4.74 Å². The molecule has 0 saturated carbocycles. The fourth-order valence-corrected chi connectivity index (χ4v) is 2.69. The Morgan fingerprint density at radius 3 is 3.11 bits per heavy atom. The molecule has 1 aromatic rings. The third-order valence-corrected chi connectivity index (χ3v) is 3.80. The topological polar surface area (TPSA) is 58.5 Å². The Balaban J connectivity index is 1.83. The van der Waals surface area contributed by atoms with Crippen molar-refractivity contribution in [3.05, 3.63) is 16.1 Å². The van der Waals surface area contributed by atoms with E-state index in [1.165, 1.54) is 11.3 Å². The van der Waals surface area contributed by atoms with Crippen LogP contribution in [-0.4, -0.2) is 36.7 Å². The first-order valence-corrected chi connectivity index (χ1v) is 7.64. The Hall–Kier alpha value is -1.14. The van der Waals surface area contributed by atoms with Crippen LogP contribution in [0.2, 0.25) is 0 Å². The number of aliphatic imine (C=N–C) groups is 1. The lowest BCUT2D eigenvalue weighted by molar-refractivity contribution is 0.114. The number of hydrogen-bond acceptors (Lipinski definition) is 4. The van der Waals surface area contributed by atoms with E-state index in [0.717, 1.165) is 37.1 Å². The van der Waals surface area contributed by atoms with Gasteiger partial charge >= 0.3 is 0 Å². The first-order valence-electron chi connectivity index (χ1n) is 6.83. The van der Waals surface area contributed by atoms with E-state index in [0.29, 0.717) is 12.6 Å². The van der Waals surface area contributed by atoms with Gasteiger partial charge < -0.3 is 15.4 Å². The Morgan fingerprint density at radius 2 is 2.47 bits per heavy atom. The number of rotatable bonds is 5. The van der Waals surface area contributed by atoms with Gasteiger partial charge in [-0.1, -0.05) is 0 Å². The smallest absolute Gasteiger partial charge is 0.191 e. The van der Waals surface area contributed by atoms with E-state index in [1.54, 1.807) is 11.3 Å². The molecule has 2 heterocycles. The predicted molar refractivity (Wildman–Crippen MR) is 78.6 cm³/mol. The summed E-state index contributed by atoms with van der Waals surface area (Å²) in [5, 5.41) is 7.62. The second-order valence-electron chi connectivity index (χ2n) is 4.58. The van der Waals surface area contributed by atoms with Crippen LogP contribution in [0.25, 0.3) is 0 Å². The second kappa shape index (κ2) is 7.45. The Kier molecular flexibility index (Phi) is 5.60. The third kappa shape index (κ3) is 4.80. The zero-order chi connectivity index (χ0) is 13.5. The number of aromatic nitrogens is 1. The number of thiazole rings is 1. The van der Waals surface area contributed by atoms with E-state index in [1.807, 2.05) is 6.20 Å². The van der Waals surface area contributed by atoms with Crippen molar-refractivity contribution in [1.29, 1.82) is 0 Å². The number of guanidine groups is 1. The van der Waals surface area contributed by atoms with Gasteiger partial charge in [0.05, 0.1) is 12.6 Å². The predicted octanol–water partition coefficient (Wildman–Crippen LogP) is 1.69. The summed E-state index contributed by atoms with van der Waals surface area (Å²) in [5.74, 6) is 0.839. The number of aryl methyl sites for hydroxylation is 1. The highest BCUT2D eigenvalue weighted by molar-refractivity contribution is 7.11. The van der Waals surface area contributed by atoms with Gasteiger partial charge in [-0.25, -0.2) is 9.98 Å². The molecule has 0 aliphatic carbocycles. The number of hydrogen-bond donors (Lipinski definition) is 2.